The number of carbonyl (C=O) groups excluding carboxylic acids is 1. The number of methoxy groups -OCH3 is 1. The van der Waals surface area contributed by atoms with E-state index in [9.17, 15) is 23.1 Å². The summed E-state index contributed by atoms with van der Waals surface area (Å²) in [4.78, 5) is 22.0. The van der Waals surface area contributed by atoms with E-state index >= 15 is 0 Å². The van der Waals surface area contributed by atoms with Gasteiger partial charge < -0.3 is 20.5 Å². The Bertz CT molecular complexity index is 1570. The molecular weight excluding hydrogens is 537 g/mol. The van der Waals surface area contributed by atoms with E-state index in [0.717, 1.165) is 11.8 Å². The topological polar surface area (TPSA) is 109 Å². The highest BCUT2D eigenvalue weighted by Crippen LogP contribution is 2.37. The van der Waals surface area contributed by atoms with Crippen molar-refractivity contribution in [3.63, 3.8) is 0 Å². The van der Waals surface area contributed by atoms with Gasteiger partial charge in [-0.15, -0.1) is 0 Å². The normalized spacial score (nSPS) is 17.1. The Kier molecular flexibility index (Phi) is 7.62. The van der Waals surface area contributed by atoms with Crippen molar-refractivity contribution in [2.75, 3.05) is 39.1 Å². The Morgan fingerprint density at radius 2 is 1.88 bits per heavy atom. The molecule has 41 heavy (non-hydrogen) atoms. The summed E-state index contributed by atoms with van der Waals surface area (Å²) in [6.45, 7) is 4.22. The molecule has 12 heteroatoms. The Hall–Kier alpha value is -4.16. The van der Waals surface area contributed by atoms with Crippen molar-refractivity contribution in [3.05, 3.63) is 77.1 Å². The molecule has 0 radical (unpaired) electrons. The number of para-hydroxylation sites is 1. The largest absolute Gasteiger partial charge is 0.497 e. The number of aliphatic hydroxyl groups is 1. The molecule has 1 aliphatic heterocycles. The number of hydrogen-bond acceptors (Lipinski definition) is 7. The number of benzene rings is 2. The van der Waals surface area contributed by atoms with Gasteiger partial charge in [-0.2, -0.15) is 18.3 Å². The molecule has 3 heterocycles. The van der Waals surface area contributed by atoms with E-state index in [1.165, 1.54) is 14.0 Å². The Morgan fingerprint density at radius 1 is 1.17 bits per heavy atom. The molecule has 0 aliphatic carbocycles. The van der Waals surface area contributed by atoms with Crippen LogP contribution in [0.2, 0.25) is 0 Å². The molecule has 4 aromatic rings. The van der Waals surface area contributed by atoms with E-state index in [1.54, 1.807) is 35.2 Å². The molecule has 0 bridgehead atoms. The van der Waals surface area contributed by atoms with Crippen LogP contribution in [0.1, 0.15) is 40.1 Å². The van der Waals surface area contributed by atoms with Crippen LogP contribution in [-0.4, -0.2) is 74.8 Å². The zero-order chi connectivity index (χ0) is 29.5. The first-order valence-electron chi connectivity index (χ1n) is 13.1. The average Bonchev–Trinajstić information content (AvgIpc) is 3.36. The number of ether oxygens (including phenoxy) is 1. The molecule has 1 unspecified atom stereocenters. The van der Waals surface area contributed by atoms with Crippen molar-refractivity contribution in [3.8, 4) is 17.0 Å². The number of hydrogen-bond donors (Lipinski definition) is 2. The lowest BCUT2D eigenvalue weighted by Gasteiger charge is -2.43. The average molecular weight is 569 g/mol. The van der Waals surface area contributed by atoms with Crippen LogP contribution in [0.3, 0.4) is 0 Å². The van der Waals surface area contributed by atoms with Gasteiger partial charge in [0.05, 0.1) is 31.6 Å². The monoisotopic (exact) mass is 568 g/mol. The highest BCUT2D eigenvalue weighted by molar-refractivity contribution is 6.00. The second-order valence-corrected chi connectivity index (χ2v) is 10.1. The van der Waals surface area contributed by atoms with Gasteiger partial charge in [0, 0.05) is 42.5 Å². The number of aliphatic hydroxyl groups excluding tert-OH is 1. The highest BCUT2D eigenvalue weighted by atomic mass is 19.4. The lowest BCUT2D eigenvalue weighted by molar-refractivity contribution is -0.143. The molecular formula is C29H31F3N6O3. The number of anilines is 1. The fourth-order valence-electron chi connectivity index (χ4n) is 5.54. The predicted molar refractivity (Wildman–Crippen MR) is 147 cm³/mol. The third-order valence-corrected chi connectivity index (χ3v) is 7.63. The first-order valence-corrected chi connectivity index (χ1v) is 13.1. The first-order chi connectivity index (χ1) is 19.5. The molecule has 0 saturated carbocycles. The predicted octanol–water partition coefficient (Wildman–Crippen LogP) is 4.19. The summed E-state index contributed by atoms with van der Waals surface area (Å²) in [5.74, 6) is 0.0901. The molecule has 0 spiro atoms. The molecule has 9 nitrogen and oxygen atoms in total. The number of amides is 1. The van der Waals surface area contributed by atoms with Gasteiger partial charge in [0.1, 0.15) is 11.3 Å². The maximum atomic E-state index is 14.3. The van der Waals surface area contributed by atoms with E-state index in [1.807, 2.05) is 25.1 Å². The molecule has 216 valence electrons. The standard InChI is InChI=1S/C29H31F3N6O3/c1-17-15-36(24(16-39)21-6-4-5-7-23(21)33)12-13-37(17)28(40)22-14-34-38-26(29(30,31)32)18(2)25(35-27(22)38)19-8-10-20(41-3)11-9-19/h4-11,14,17,24,39H,12-13,15-16,33H2,1-3H3/t17-,24?/m1/s1. The van der Waals surface area contributed by atoms with E-state index in [4.69, 9.17) is 10.5 Å². The van der Waals surface area contributed by atoms with Crippen LogP contribution in [0, 0.1) is 6.92 Å². The van der Waals surface area contributed by atoms with Crippen molar-refractivity contribution in [1.29, 1.82) is 0 Å². The fourth-order valence-corrected chi connectivity index (χ4v) is 5.54. The smallest absolute Gasteiger partial charge is 0.433 e. The molecule has 1 amide bonds. The van der Waals surface area contributed by atoms with Crippen LogP contribution in [0.4, 0.5) is 18.9 Å². The van der Waals surface area contributed by atoms with Crippen molar-refractivity contribution < 1.29 is 27.8 Å². The number of halogens is 3. The number of aromatic nitrogens is 3. The second-order valence-electron chi connectivity index (χ2n) is 10.1. The summed E-state index contributed by atoms with van der Waals surface area (Å²) in [5.41, 5.74) is 6.80. The van der Waals surface area contributed by atoms with E-state index in [-0.39, 0.29) is 41.2 Å². The zero-order valence-electron chi connectivity index (χ0n) is 22.9. The quantitative estimate of drug-likeness (QED) is 0.336. The van der Waals surface area contributed by atoms with E-state index < -0.39 is 17.8 Å². The molecule has 1 fully saturated rings. The van der Waals surface area contributed by atoms with Crippen LogP contribution >= 0.6 is 0 Å². The van der Waals surface area contributed by atoms with Gasteiger partial charge in [-0.3, -0.25) is 9.69 Å². The molecule has 2 aromatic heterocycles. The van der Waals surface area contributed by atoms with Crippen molar-refractivity contribution >= 4 is 17.2 Å². The molecule has 3 N–H and O–H groups in total. The van der Waals surface area contributed by atoms with Gasteiger partial charge in [0.2, 0.25) is 0 Å². The van der Waals surface area contributed by atoms with Crippen LogP contribution in [0.5, 0.6) is 5.75 Å². The summed E-state index contributed by atoms with van der Waals surface area (Å²) >= 11 is 0. The Morgan fingerprint density at radius 3 is 2.49 bits per heavy atom. The number of rotatable bonds is 6. The summed E-state index contributed by atoms with van der Waals surface area (Å²) in [6, 6.07) is 13.2. The Labute approximate surface area is 235 Å². The van der Waals surface area contributed by atoms with E-state index in [0.29, 0.717) is 41.2 Å². The van der Waals surface area contributed by atoms with E-state index in [2.05, 4.69) is 15.0 Å². The van der Waals surface area contributed by atoms with Gasteiger partial charge in [0.25, 0.3) is 5.91 Å². The highest BCUT2D eigenvalue weighted by Gasteiger charge is 2.40. The van der Waals surface area contributed by atoms with Crippen LogP contribution in [0.25, 0.3) is 16.9 Å². The number of fused-ring (bicyclic) bond motifs is 1. The Balaban J connectivity index is 1.49. The number of carbonyl (C=O) groups is 1. The number of piperazine rings is 1. The van der Waals surface area contributed by atoms with Crippen LogP contribution < -0.4 is 10.5 Å². The third kappa shape index (κ3) is 5.20. The number of nitrogen functional groups attached to an aromatic ring is 1. The second kappa shape index (κ2) is 11.0. The van der Waals surface area contributed by atoms with Crippen molar-refractivity contribution in [1.82, 2.24) is 24.4 Å². The lowest BCUT2D eigenvalue weighted by Crippen LogP contribution is -2.55. The van der Waals surface area contributed by atoms with Gasteiger partial charge in [-0.05, 0) is 49.7 Å². The lowest BCUT2D eigenvalue weighted by atomic mass is 10.0. The molecule has 5 rings (SSSR count). The zero-order valence-corrected chi connectivity index (χ0v) is 22.9. The SMILES string of the molecule is COc1ccc(-c2nc3c(C(=O)N4CCN(C(CO)c5ccccc5N)C[C@H]4C)cnn3c(C(F)(F)F)c2C)cc1. The van der Waals surface area contributed by atoms with Gasteiger partial charge >= 0.3 is 6.18 Å². The minimum atomic E-state index is -4.74. The van der Waals surface area contributed by atoms with Gasteiger partial charge in [-0.1, -0.05) is 18.2 Å². The van der Waals surface area contributed by atoms with Crippen LogP contribution in [0.15, 0.2) is 54.7 Å². The summed E-state index contributed by atoms with van der Waals surface area (Å²) in [5, 5.41) is 14.1. The minimum Gasteiger partial charge on any atom is -0.497 e. The molecule has 2 atom stereocenters. The molecule has 1 aliphatic rings. The molecule has 1 saturated heterocycles. The number of nitrogens with two attached hydrogens (primary N) is 1. The fraction of sp³-hybridized carbons (Fsp3) is 0.345. The molecule has 2 aromatic carbocycles. The third-order valence-electron chi connectivity index (χ3n) is 7.63. The van der Waals surface area contributed by atoms with Crippen molar-refractivity contribution in [2.24, 2.45) is 0 Å². The van der Waals surface area contributed by atoms with Crippen LogP contribution in [-0.2, 0) is 6.18 Å². The summed E-state index contributed by atoms with van der Waals surface area (Å²) in [6.07, 6.45) is -3.59. The summed E-state index contributed by atoms with van der Waals surface area (Å²) in [7, 11) is 1.50. The van der Waals surface area contributed by atoms with Gasteiger partial charge in [0.15, 0.2) is 11.3 Å². The maximum Gasteiger partial charge on any atom is 0.433 e. The van der Waals surface area contributed by atoms with Crippen molar-refractivity contribution in [2.45, 2.75) is 32.1 Å². The number of nitrogens with zero attached hydrogens (tertiary/aromatic N) is 5. The first kappa shape index (κ1) is 28.4. The summed E-state index contributed by atoms with van der Waals surface area (Å²) < 4.78 is 48.8. The van der Waals surface area contributed by atoms with Gasteiger partial charge in [-0.25, -0.2) is 9.50 Å². The minimum absolute atomic E-state index is 0.0171. The maximum absolute atomic E-state index is 14.3. The number of alkyl halides is 3.